The van der Waals surface area contributed by atoms with Crippen molar-refractivity contribution in [1.29, 1.82) is 5.26 Å². The first kappa shape index (κ1) is 19.6. The molecule has 1 aromatic heterocycles. The summed E-state index contributed by atoms with van der Waals surface area (Å²) in [6.07, 6.45) is 1.76. The lowest BCUT2D eigenvalue weighted by Gasteiger charge is -2.28. The van der Waals surface area contributed by atoms with Gasteiger partial charge in [-0.05, 0) is 54.0 Å². The number of hydrogen-bond donors (Lipinski definition) is 0. The van der Waals surface area contributed by atoms with Crippen molar-refractivity contribution in [1.82, 2.24) is 9.47 Å². The van der Waals surface area contributed by atoms with Crippen LogP contribution < -0.4 is 9.47 Å². The maximum absolute atomic E-state index is 13.5. The molecule has 0 aliphatic carbocycles. The third-order valence-corrected chi connectivity index (χ3v) is 5.93. The van der Waals surface area contributed by atoms with E-state index in [9.17, 15) is 14.9 Å². The Hall–Kier alpha value is -4.31. The van der Waals surface area contributed by atoms with Crippen LogP contribution in [0.15, 0.2) is 48.5 Å². The number of nitriles is 1. The van der Waals surface area contributed by atoms with Crippen molar-refractivity contribution >= 4 is 23.5 Å². The van der Waals surface area contributed by atoms with E-state index >= 15 is 0 Å². The first-order valence-corrected chi connectivity index (χ1v) is 10.1. The molecule has 0 radical (unpaired) electrons. The van der Waals surface area contributed by atoms with Crippen LogP contribution in [-0.2, 0) is 18.4 Å². The zero-order chi connectivity index (χ0) is 22.4. The van der Waals surface area contributed by atoms with E-state index in [1.165, 1.54) is 4.90 Å². The maximum atomic E-state index is 13.5. The number of imide groups is 1. The number of aromatic nitrogens is 1. The van der Waals surface area contributed by atoms with Gasteiger partial charge in [0.2, 0.25) is 6.79 Å². The van der Waals surface area contributed by atoms with E-state index < -0.39 is 0 Å². The van der Waals surface area contributed by atoms with Gasteiger partial charge in [-0.3, -0.25) is 14.5 Å². The second-order valence-corrected chi connectivity index (χ2v) is 7.73. The number of hydrogen-bond acceptors (Lipinski definition) is 5. The van der Waals surface area contributed by atoms with E-state index in [0.29, 0.717) is 33.9 Å². The first-order chi connectivity index (χ1) is 15.5. The lowest BCUT2D eigenvalue weighted by Crippen LogP contribution is -2.41. The Kier molecular flexibility index (Phi) is 4.56. The molecule has 32 heavy (non-hydrogen) atoms. The van der Waals surface area contributed by atoms with E-state index in [-0.39, 0.29) is 25.2 Å². The zero-order valence-electron chi connectivity index (χ0n) is 17.6. The molecule has 7 nitrogen and oxygen atoms in total. The Morgan fingerprint density at radius 3 is 2.53 bits per heavy atom. The van der Waals surface area contributed by atoms with Crippen molar-refractivity contribution < 1.29 is 19.1 Å². The SMILES string of the molecule is Cc1c(C=C2C(=O)N(Cc3ccc4c(c3)OCO4)C(=O)c3ccccc32)cc(C#N)n1C. The van der Waals surface area contributed by atoms with E-state index in [1.807, 2.05) is 20.0 Å². The first-order valence-electron chi connectivity index (χ1n) is 10.1. The minimum atomic E-state index is -0.381. The third-order valence-electron chi connectivity index (χ3n) is 5.93. The fourth-order valence-corrected chi connectivity index (χ4v) is 4.04. The quantitative estimate of drug-likeness (QED) is 0.472. The monoisotopic (exact) mass is 425 g/mol. The van der Waals surface area contributed by atoms with Crippen LogP contribution in [0.5, 0.6) is 11.5 Å². The molecule has 0 N–H and O–H groups in total. The van der Waals surface area contributed by atoms with Gasteiger partial charge in [0.05, 0.1) is 6.54 Å². The summed E-state index contributed by atoms with van der Waals surface area (Å²) < 4.78 is 12.5. The number of nitrogens with zero attached hydrogens (tertiary/aromatic N) is 3. The summed E-state index contributed by atoms with van der Waals surface area (Å²) in [5.41, 5.74) is 4.35. The molecule has 0 saturated heterocycles. The highest BCUT2D eigenvalue weighted by Crippen LogP contribution is 2.35. The lowest BCUT2D eigenvalue weighted by molar-refractivity contribution is -0.123. The molecule has 158 valence electrons. The Labute approximate surface area is 184 Å². The van der Waals surface area contributed by atoms with Crippen LogP contribution in [0.3, 0.4) is 0 Å². The van der Waals surface area contributed by atoms with Crippen LogP contribution in [0.2, 0.25) is 0 Å². The maximum Gasteiger partial charge on any atom is 0.261 e. The van der Waals surface area contributed by atoms with E-state index in [0.717, 1.165) is 16.8 Å². The van der Waals surface area contributed by atoms with Crippen molar-refractivity contribution in [3.05, 3.63) is 82.2 Å². The highest BCUT2D eigenvalue weighted by Gasteiger charge is 2.35. The highest BCUT2D eigenvalue weighted by atomic mass is 16.7. The summed E-state index contributed by atoms with van der Waals surface area (Å²) in [5, 5.41) is 9.35. The van der Waals surface area contributed by atoms with E-state index in [2.05, 4.69) is 6.07 Å². The molecule has 2 aliphatic heterocycles. The summed E-state index contributed by atoms with van der Waals surface area (Å²) in [6, 6.07) is 16.4. The van der Waals surface area contributed by atoms with Crippen LogP contribution >= 0.6 is 0 Å². The second-order valence-electron chi connectivity index (χ2n) is 7.73. The van der Waals surface area contributed by atoms with Gasteiger partial charge in [0, 0.05) is 23.9 Å². The molecule has 0 unspecified atom stereocenters. The zero-order valence-corrected chi connectivity index (χ0v) is 17.6. The second kappa shape index (κ2) is 7.43. The minimum absolute atomic E-state index is 0.108. The highest BCUT2D eigenvalue weighted by molar-refractivity contribution is 6.33. The van der Waals surface area contributed by atoms with Crippen molar-refractivity contribution in [2.24, 2.45) is 7.05 Å². The number of benzene rings is 2. The van der Waals surface area contributed by atoms with Crippen molar-refractivity contribution in [3.63, 3.8) is 0 Å². The predicted molar refractivity (Wildman–Crippen MR) is 117 cm³/mol. The number of amides is 2. The average molecular weight is 425 g/mol. The largest absolute Gasteiger partial charge is 0.454 e. The molecule has 3 aromatic rings. The summed E-state index contributed by atoms with van der Waals surface area (Å²) in [5.74, 6) is 0.513. The average Bonchev–Trinajstić information content (AvgIpc) is 3.38. The Morgan fingerprint density at radius 1 is 1.03 bits per heavy atom. The normalized spacial score (nSPS) is 15.8. The van der Waals surface area contributed by atoms with Crippen LogP contribution in [0.4, 0.5) is 0 Å². The van der Waals surface area contributed by atoms with Gasteiger partial charge in [-0.2, -0.15) is 5.26 Å². The topological polar surface area (TPSA) is 84.6 Å². The molecule has 7 heteroatoms. The summed E-state index contributed by atoms with van der Waals surface area (Å²) in [4.78, 5) is 28.0. The van der Waals surface area contributed by atoms with Gasteiger partial charge in [0.25, 0.3) is 11.8 Å². The van der Waals surface area contributed by atoms with Gasteiger partial charge in [-0.1, -0.05) is 24.3 Å². The molecule has 2 aliphatic rings. The molecule has 0 spiro atoms. The molecule has 0 bridgehead atoms. The van der Waals surface area contributed by atoms with Crippen molar-refractivity contribution in [2.45, 2.75) is 13.5 Å². The Bertz CT molecular complexity index is 1360. The predicted octanol–water partition coefficient (Wildman–Crippen LogP) is 3.66. The van der Waals surface area contributed by atoms with Crippen LogP contribution in [0.25, 0.3) is 11.6 Å². The molecule has 5 rings (SSSR count). The number of carbonyl (C=O) groups excluding carboxylic acids is 2. The van der Waals surface area contributed by atoms with Crippen molar-refractivity contribution in [3.8, 4) is 17.6 Å². The van der Waals surface area contributed by atoms with Gasteiger partial charge in [0.15, 0.2) is 11.5 Å². The third kappa shape index (κ3) is 3.05. The molecule has 2 aromatic carbocycles. The standard InChI is InChI=1S/C25H19N3O4/c1-15-17(10-18(12-26)27(15)2)11-21-19-5-3-4-6-20(19)24(29)28(25(21)30)13-16-7-8-22-23(9-16)32-14-31-22/h3-11H,13-14H2,1-2H3. The van der Waals surface area contributed by atoms with Crippen LogP contribution in [0.1, 0.15) is 38.4 Å². The summed E-state index contributed by atoms with van der Waals surface area (Å²) >= 11 is 0. The smallest absolute Gasteiger partial charge is 0.261 e. The van der Waals surface area contributed by atoms with Gasteiger partial charge in [-0.25, -0.2) is 0 Å². The minimum Gasteiger partial charge on any atom is -0.454 e. The molecule has 0 fully saturated rings. The number of fused-ring (bicyclic) bond motifs is 2. The number of rotatable bonds is 3. The van der Waals surface area contributed by atoms with Gasteiger partial charge in [0.1, 0.15) is 11.8 Å². The van der Waals surface area contributed by atoms with Crippen LogP contribution in [0, 0.1) is 18.3 Å². The number of carbonyl (C=O) groups is 2. The molecule has 3 heterocycles. The van der Waals surface area contributed by atoms with Gasteiger partial charge >= 0.3 is 0 Å². The molecular weight excluding hydrogens is 406 g/mol. The van der Waals surface area contributed by atoms with E-state index in [1.54, 1.807) is 53.1 Å². The molecular formula is C25H19N3O4. The van der Waals surface area contributed by atoms with Crippen molar-refractivity contribution in [2.75, 3.05) is 6.79 Å². The molecule has 0 atom stereocenters. The Morgan fingerprint density at radius 2 is 1.78 bits per heavy atom. The van der Waals surface area contributed by atoms with E-state index in [4.69, 9.17) is 9.47 Å². The summed E-state index contributed by atoms with van der Waals surface area (Å²) in [6.45, 7) is 2.15. The fourth-order valence-electron chi connectivity index (χ4n) is 4.04. The van der Waals surface area contributed by atoms with Gasteiger partial charge < -0.3 is 14.0 Å². The van der Waals surface area contributed by atoms with Crippen LogP contribution in [-0.4, -0.2) is 28.1 Å². The molecule has 0 saturated carbocycles. The Balaban J connectivity index is 1.58. The number of ether oxygens (including phenoxy) is 2. The summed E-state index contributed by atoms with van der Waals surface area (Å²) in [7, 11) is 1.81. The lowest BCUT2D eigenvalue weighted by atomic mass is 9.91. The molecule has 2 amide bonds. The van der Waals surface area contributed by atoms with Gasteiger partial charge in [-0.15, -0.1) is 0 Å². The fraction of sp³-hybridized carbons (Fsp3) is 0.160.